The number of hydrogen-bond acceptors (Lipinski definition) is 5. The van der Waals surface area contributed by atoms with E-state index in [0.29, 0.717) is 24.2 Å². The summed E-state index contributed by atoms with van der Waals surface area (Å²) in [6.07, 6.45) is -1.57. The second kappa shape index (κ2) is 9.62. The molecule has 1 saturated heterocycles. The highest BCUT2D eigenvalue weighted by Crippen LogP contribution is 2.38. The smallest absolute Gasteiger partial charge is 0.416 e. The molecule has 0 amide bonds. The first kappa shape index (κ1) is 24.9. The van der Waals surface area contributed by atoms with Crippen LogP contribution in [-0.4, -0.2) is 34.1 Å². The molecule has 1 unspecified atom stereocenters. The molecule has 0 aromatic heterocycles. The number of ether oxygens (including phenoxy) is 1. The van der Waals surface area contributed by atoms with Crippen LogP contribution >= 0.6 is 0 Å². The van der Waals surface area contributed by atoms with E-state index in [1.807, 2.05) is 11.8 Å². The van der Waals surface area contributed by atoms with Gasteiger partial charge in [-0.1, -0.05) is 13.0 Å². The molecule has 0 saturated carbocycles. The number of anilines is 2. The lowest BCUT2D eigenvalue weighted by atomic mass is 10.0. The van der Waals surface area contributed by atoms with E-state index in [4.69, 9.17) is 0 Å². The molecule has 1 atom stereocenters. The Kier molecular flexibility index (Phi) is 7.26. The largest absolute Gasteiger partial charge is 0.465 e. The Balaban J connectivity index is 2.11. The number of halogens is 3. The van der Waals surface area contributed by atoms with Crippen molar-refractivity contribution < 1.29 is 31.1 Å². The Bertz CT molecular complexity index is 1130. The van der Waals surface area contributed by atoms with Crippen LogP contribution in [0.5, 0.6) is 0 Å². The van der Waals surface area contributed by atoms with Gasteiger partial charge in [0.25, 0.3) is 10.0 Å². The van der Waals surface area contributed by atoms with Crippen molar-refractivity contribution in [2.24, 2.45) is 0 Å². The molecule has 1 aliphatic rings. The Labute approximate surface area is 191 Å². The number of alkyl halides is 3. The molecule has 2 aromatic rings. The Morgan fingerprint density at radius 2 is 1.91 bits per heavy atom. The van der Waals surface area contributed by atoms with Crippen LogP contribution in [0.3, 0.4) is 0 Å². The lowest BCUT2D eigenvalue weighted by molar-refractivity contribution is -0.137. The average molecular weight is 485 g/mol. The number of carbonyl (C=O) groups is 1. The summed E-state index contributed by atoms with van der Waals surface area (Å²) in [5.41, 5.74) is -0.253. The van der Waals surface area contributed by atoms with Crippen molar-refractivity contribution in [1.29, 1.82) is 0 Å². The van der Waals surface area contributed by atoms with Gasteiger partial charge in [0.05, 0.1) is 34.5 Å². The van der Waals surface area contributed by atoms with Crippen LogP contribution in [0.15, 0.2) is 41.3 Å². The first-order valence-electron chi connectivity index (χ1n) is 10.7. The number of methoxy groups -OCH3 is 1. The van der Waals surface area contributed by atoms with Crippen molar-refractivity contribution in [2.45, 2.75) is 56.6 Å². The average Bonchev–Trinajstić information content (AvgIpc) is 2.77. The Morgan fingerprint density at radius 1 is 1.18 bits per heavy atom. The number of piperidine rings is 1. The van der Waals surface area contributed by atoms with Gasteiger partial charge in [0.15, 0.2) is 0 Å². The van der Waals surface area contributed by atoms with Crippen molar-refractivity contribution in [1.82, 2.24) is 0 Å². The van der Waals surface area contributed by atoms with E-state index in [-0.39, 0.29) is 22.2 Å². The molecule has 180 valence electrons. The van der Waals surface area contributed by atoms with E-state index in [9.17, 15) is 26.4 Å². The zero-order valence-corrected chi connectivity index (χ0v) is 19.5. The standard InChI is InChI=1S/C23H27F3N2O4S/c1-4-16-8-9-17(22(29)32-3)13-21(16)33(30,31)27-19-14-18(23(24,25)26)10-11-20(19)28-12-6-5-7-15(28)2/h8-11,13-15,27H,4-7,12H2,1-3H3. The van der Waals surface area contributed by atoms with Gasteiger partial charge >= 0.3 is 12.1 Å². The number of nitrogens with zero attached hydrogens (tertiary/aromatic N) is 1. The Morgan fingerprint density at radius 3 is 2.52 bits per heavy atom. The third-order valence-corrected chi connectivity index (χ3v) is 7.29. The van der Waals surface area contributed by atoms with Crippen molar-refractivity contribution in [2.75, 3.05) is 23.3 Å². The summed E-state index contributed by atoms with van der Waals surface area (Å²) in [4.78, 5) is 13.7. The molecule has 6 nitrogen and oxygen atoms in total. The van der Waals surface area contributed by atoms with Crippen molar-refractivity contribution in [3.63, 3.8) is 0 Å². The number of benzene rings is 2. The fraction of sp³-hybridized carbons (Fsp3) is 0.435. The number of aryl methyl sites for hydroxylation is 1. The molecule has 1 heterocycles. The van der Waals surface area contributed by atoms with Gasteiger partial charge in [-0.15, -0.1) is 0 Å². The minimum atomic E-state index is -4.63. The summed E-state index contributed by atoms with van der Waals surface area (Å²) >= 11 is 0. The first-order chi connectivity index (χ1) is 15.5. The van der Waals surface area contributed by atoms with Crippen molar-refractivity contribution in [3.8, 4) is 0 Å². The second-order valence-corrected chi connectivity index (χ2v) is 9.69. The van der Waals surface area contributed by atoms with Gasteiger partial charge in [-0.25, -0.2) is 13.2 Å². The Hall–Kier alpha value is -2.75. The van der Waals surface area contributed by atoms with Gasteiger partial charge in [0.1, 0.15) is 0 Å². The van der Waals surface area contributed by atoms with Crippen molar-refractivity contribution in [3.05, 3.63) is 53.1 Å². The maximum Gasteiger partial charge on any atom is 0.416 e. The van der Waals surface area contributed by atoms with E-state index in [2.05, 4.69) is 9.46 Å². The lowest BCUT2D eigenvalue weighted by Crippen LogP contribution is -2.38. The number of nitrogens with one attached hydrogen (secondary N) is 1. The molecular weight excluding hydrogens is 457 g/mol. The summed E-state index contributed by atoms with van der Waals surface area (Å²) in [6, 6.07) is 7.29. The lowest BCUT2D eigenvalue weighted by Gasteiger charge is -2.36. The molecule has 0 bridgehead atoms. The quantitative estimate of drug-likeness (QED) is 0.568. The van der Waals surface area contributed by atoms with Crippen LogP contribution in [0.2, 0.25) is 0 Å². The fourth-order valence-corrected chi connectivity index (χ4v) is 5.44. The van der Waals surface area contributed by atoms with E-state index < -0.39 is 27.7 Å². The molecule has 10 heteroatoms. The zero-order chi connectivity index (χ0) is 24.4. The maximum absolute atomic E-state index is 13.4. The molecule has 3 rings (SSSR count). The highest BCUT2D eigenvalue weighted by molar-refractivity contribution is 7.92. The highest BCUT2D eigenvalue weighted by Gasteiger charge is 2.33. The molecule has 0 aliphatic carbocycles. The topological polar surface area (TPSA) is 75.7 Å². The van der Waals surface area contributed by atoms with Gasteiger partial charge in [-0.05, 0) is 68.5 Å². The van der Waals surface area contributed by atoms with Gasteiger partial charge in [-0.3, -0.25) is 4.72 Å². The molecule has 0 radical (unpaired) electrons. The third-order valence-electron chi connectivity index (χ3n) is 5.84. The summed E-state index contributed by atoms with van der Waals surface area (Å²) in [5.74, 6) is -0.712. The maximum atomic E-state index is 13.4. The minimum absolute atomic E-state index is 0.0315. The van der Waals surface area contributed by atoms with E-state index in [1.165, 1.54) is 31.4 Å². The second-order valence-electron chi connectivity index (χ2n) is 8.04. The normalized spacial score (nSPS) is 17.0. The number of rotatable bonds is 6. The molecule has 1 aliphatic heterocycles. The van der Waals surface area contributed by atoms with Crippen LogP contribution in [0.25, 0.3) is 0 Å². The third kappa shape index (κ3) is 5.43. The predicted molar refractivity (Wildman–Crippen MR) is 120 cm³/mol. The van der Waals surface area contributed by atoms with E-state index >= 15 is 0 Å². The van der Waals surface area contributed by atoms with Crippen LogP contribution < -0.4 is 9.62 Å². The van der Waals surface area contributed by atoms with Gasteiger partial charge in [0.2, 0.25) is 0 Å². The number of carbonyl (C=O) groups excluding carboxylic acids is 1. The summed E-state index contributed by atoms with van der Waals surface area (Å²) in [5, 5.41) is 0. The van der Waals surface area contributed by atoms with E-state index in [1.54, 1.807) is 6.92 Å². The van der Waals surface area contributed by atoms with Gasteiger partial charge in [0, 0.05) is 12.6 Å². The number of esters is 1. The van der Waals surface area contributed by atoms with Crippen LogP contribution in [0.1, 0.15) is 54.6 Å². The molecule has 1 N–H and O–H groups in total. The molecular formula is C23H27F3N2O4S. The number of sulfonamides is 1. The monoisotopic (exact) mass is 484 g/mol. The van der Waals surface area contributed by atoms with Crippen LogP contribution in [0.4, 0.5) is 24.5 Å². The van der Waals surface area contributed by atoms with Gasteiger partial charge in [-0.2, -0.15) is 13.2 Å². The van der Waals surface area contributed by atoms with E-state index in [0.717, 1.165) is 31.4 Å². The molecule has 1 fully saturated rings. The summed E-state index contributed by atoms with van der Waals surface area (Å²) in [7, 11) is -3.14. The molecule has 0 spiro atoms. The predicted octanol–water partition coefficient (Wildman–Crippen LogP) is 5.23. The first-order valence-corrected chi connectivity index (χ1v) is 12.2. The minimum Gasteiger partial charge on any atom is -0.465 e. The van der Waals surface area contributed by atoms with Gasteiger partial charge < -0.3 is 9.64 Å². The molecule has 33 heavy (non-hydrogen) atoms. The zero-order valence-electron chi connectivity index (χ0n) is 18.7. The highest BCUT2D eigenvalue weighted by atomic mass is 32.2. The summed E-state index contributed by atoms with van der Waals surface area (Å²) in [6.45, 7) is 4.32. The molecule has 2 aromatic carbocycles. The SMILES string of the molecule is CCc1ccc(C(=O)OC)cc1S(=O)(=O)Nc1cc(C(F)(F)F)ccc1N1CCCCC1C. The fourth-order valence-electron chi connectivity index (χ4n) is 4.04. The number of hydrogen-bond donors (Lipinski definition) is 1. The van der Waals surface area contributed by atoms with Crippen molar-refractivity contribution >= 4 is 27.4 Å². The van der Waals surface area contributed by atoms with Crippen LogP contribution in [0, 0.1) is 0 Å². The summed E-state index contributed by atoms with van der Waals surface area (Å²) < 4.78 is 74.1. The van der Waals surface area contributed by atoms with Crippen LogP contribution in [-0.2, 0) is 27.4 Å².